The van der Waals surface area contributed by atoms with E-state index in [9.17, 15) is 14.0 Å². The van der Waals surface area contributed by atoms with Crippen molar-refractivity contribution in [1.29, 1.82) is 0 Å². The summed E-state index contributed by atoms with van der Waals surface area (Å²) in [5.41, 5.74) is 1.14. The van der Waals surface area contributed by atoms with Gasteiger partial charge in [0.25, 0.3) is 0 Å². The van der Waals surface area contributed by atoms with Gasteiger partial charge in [0.05, 0.1) is 5.92 Å². The molecule has 1 aromatic rings. The number of hydrogen-bond donors (Lipinski definition) is 2. The Hall–Kier alpha value is -1.91. The molecule has 1 aliphatic rings. The number of carboxylic acid groups (broad SMARTS) is 1. The van der Waals surface area contributed by atoms with Crippen LogP contribution in [0.15, 0.2) is 18.2 Å². The van der Waals surface area contributed by atoms with Gasteiger partial charge in [0.1, 0.15) is 5.82 Å². The molecule has 0 spiro atoms. The van der Waals surface area contributed by atoms with Crippen LogP contribution in [0.25, 0.3) is 0 Å². The van der Waals surface area contributed by atoms with Gasteiger partial charge in [0, 0.05) is 11.6 Å². The minimum absolute atomic E-state index is 0.228. The second kappa shape index (κ2) is 5.38. The number of hydrogen-bond acceptors (Lipinski definition) is 2. The molecule has 0 saturated heterocycles. The maximum Gasteiger partial charge on any atom is 0.306 e. The Bertz CT molecular complexity index is 495. The lowest BCUT2D eigenvalue weighted by molar-refractivity contribution is -0.141. The van der Waals surface area contributed by atoms with E-state index in [1.165, 1.54) is 12.1 Å². The molecule has 19 heavy (non-hydrogen) atoms. The SMILES string of the molecule is Cc1cc(F)cc(NC(=O)C2CCC(C(=O)O)C2)c1. The van der Waals surface area contributed by atoms with Crippen molar-refractivity contribution in [3.63, 3.8) is 0 Å². The topological polar surface area (TPSA) is 66.4 Å². The Labute approximate surface area is 110 Å². The molecule has 0 aliphatic heterocycles. The predicted octanol–water partition coefficient (Wildman–Crippen LogP) is 2.57. The minimum Gasteiger partial charge on any atom is -0.481 e. The highest BCUT2D eigenvalue weighted by Gasteiger charge is 2.33. The molecule has 2 N–H and O–H groups in total. The van der Waals surface area contributed by atoms with Crippen LogP contribution in [-0.4, -0.2) is 17.0 Å². The third kappa shape index (κ3) is 3.30. The van der Waals surface area contributed by atoms with Crippen LogP contribution in [0.5, 0.6) is 0 Å². The second-order valence-electron chi connectivity index (χ2n) is 5.05. The quantitative estimate of drug-likeness (QED) is 0.882. The van der Waals surface area contributed by atoms with Crippen molar-refractivity contribution in [2.75, 3.05) is 5.32 Å². The summed E-state index contributed by atoms with van der Waals surface area (Å²) in [7, 11) is 0. The largest absolute Gasteiger partial charge is 0.481 e. The number of carbonyl (C=O) groups excluding carboxylic acids is 1. The van der Waals surface area contributed by atoms with Crippen molar-refractivity contribution in [1.82, 2.24) is 0 Å². The van der Waals surface area contributed by atoms with E-state index in [0.717, 1.165) is 5.56 Å². The lowest BCUT2D eigenvalue weighted by Gasteiger charge is -2.11. The highest BCUT2D eigenvalue weighted by atomic mass is 19.1. The number of carboxylic acids is 1. The molecule has 2 atom stereocenters. The van der Waals surface area contributed by atoms with Gasteiger partial charge in [0.15, 0.2) is 0 Å². The van der Waals surface area contributed by atoms with E-state index < -0.39 is 17.7 Å². The normalized spacial score (nSPS) is 22.2. The van der Waals surface area contributed by atoms with Crippen LogP contribution in [0.1, 0.15) is 24.8 Å². The first-order valence-corrected chi connectivity index (χ1v) is 6.26. The number of carbonyl (C=O) groups is 2. The summed E-state index contributed by atoms with van der Waals surface area (Å²) in [5, 5.41) is 11.5. The molecule has 4 nitrogen and oxygen atoms in total. The van der Waals surface area contributed by atoms with Crippen molar-refractivity contribution >= 4 is 17.6 Å². The van der Waals surface area contributed by atoms with E-state index in [1.54, 1.807) is 13.0 Å². The number of benzene rings is 1. The van der Waals surface area contributed by atoms with E-state index in [2.05, 4.69) is 5.32 Å². The first-order valence-electron chi connectivity index (χ1n) is 6.26. The van der Waals surface area contributed by atoms with Gasteiger partial charge in [-0.05, 0) is 49.9 Å². The van der Waals surface area contributed by atoms with E-state index in [4.69, 9.17) is 5.11 Å². The minimum atomic E-state index is -0.850. The van der Waals surface area contributed by atoms with Gasteiger partial charge in [-0.25, -0.2) is 4.39 Å². The number of halogens is 1. The Kier molecular flexibility index (Phi) is 3.83. The average Bonchev–Trinajstić information content (AvgIpc) is 2.76. The third-order valence-corrected chi connectivity index (χ3v) is 3.46. The number of aryl methyl sites for hydroxylation is 1. The zero-order valence-corrected chi connectivity index (χ0v) is 10.6. The van der Waals surface area contributed by atoms with Crippen LogP contribution in [0, 0.1) is 24.6 Å². The number of nitrogens with one attached hydrogen (secondary N) is 1. The summed E-state index contributed by atoms with van der Waals surface area (Å²) < 4.78 is 13.2. The maximum atomic E-state index is 13.2. The molecule has 0 radical (unpaired) electrons. The predicted molar refractivity (Wildman–Crippen MR) is 68.2 cm³/mol. The summed E-state index contributed by atoms with van der Waals surface area (Å²) in [6.45, 7) is 1.74. The zero-order valence-electron chi connectivity index (χ0n) is 10.6. The van der Waals surface area contributed by atoms with Crippen molar-refractivity contribution in [3.8, 4) is 0 Å². The van der Waals surface area contributed by atoms with Crippen LogP contribution in [-0.2, 0) is 9.59 Å². The monoisotopic (exact) mass is 265 g/mol. The highest BCUT2D eigenvalue weighted by molar-refractivity contribution is 5.93. The average molecular weight is 265 g/mol. The molecule has 2 unspecified atom stereocenters. The Morgan fingerprint density at radius 1 is 1.26 bits per heavy atom. The van der Waals surface area contributed by atoms with Crippen molar-refractivity contribution in [3.05, 3.63) is 29.6 Å². The van der Waals surface area contributed by atoms with Crippen LogP contribution < -0.4 is 5.32 Å². The molecular weight excluding hydrogens is 249 g/mol. The standard InChI is InChI=1S/C14H16FNO3/c1-8-4-11(15)7-12(5-8)16-13(17)9-2-3-10(6-9)14(18)19/h4-5,7,9-10H,2-3,6H2,1H3,(H,16,17)(H,18,19). The summed E-state index contributed by atoms with van der Waals surface area (Å²) in [5.74, 6) is -2.22. The molecule has 102 valence electrons. The molecule has 1 amide bonds. The van der Waals surface area contributed by atoms with Gasteiger partial charge >= 0.3 is 5.97 Å². The third-order valence-electron chi connectivity index (χ3n) is 3.46. The van der Waals surface area contributed by atoms with E-state index in [0.29, 0.717) is 24.9 Å². The molecule has 2 rings (SSSR count). The van der Waals surface area contributed by atoms with Crippen molar-refractivity contribution < 1.29 is 19.1 Å². The highest BCUT2D eigenvalue weighted by Crippen LogP contribution is 2.32. The van der Waals surface area contributed by atoms with Crippen LogP contribution in [0.4, 0.5) is 10.1 Å². The molecule has 0 aromatic heterocycles. The Morgan fingerprint density at radius 3 is 2.53 bits per heavy atom. The van der Waals surface area contributed by atoms with Gasteiger partial charge in [-0.1, -0.05) is 0 Å². The fourth-order valence-electron chi connectivity index (χ4n) is 2.50. The van der Waals surface area contributed by atoms with E-state index in [-0.39, 0.29) is 11.8 Å². The second-order valence-corrected chi connectivity index (χ2v) is 5.05. The summed E-state index contributed by atoms with van der Waals surface area (Å²) >= 11 is 0. The van der Waals surface area contributed by atoms with Crippen molar-refractivity contribution in [2.24, 2.45) is 11.8 Å². The van der Waals surface area contributed by atoms with Gasteiger partial charge in [-0.2, -0.15) is 0 Å². The van der Waals surface area contributed by atoms with Crippen molar-refractivity contribution in [2.45, 2.75) is 26.2 Å². The summed E-state index contributed by atoms with van der Waals surface area (Å²) in [6.07, 6.45) is 1.45. The number of aliphatic carboxylic acids is 1. The van der Waals surface area contributed by atoms with Crippen LogP contribution >= 0.6 is 0 Å². The first-order chi connectivity index (χ1) is 8.95. The molecule has 1 saturated carbocycles. The Balaban J connectivity index is 2.00. The van der Waals surface area contributed by atoms with Crippen LogP contribution in [0.3, 0.4) is 0 Å². The van der Waals surface area contributed by atoms with E-state index >= 15 is 0 Å². The molecule has 0 heterocycles. The number of rotatable bonds is 3. The van der Waals surface area contributed by atoms with Gasteiger partial charge < -0.3 is 10.4 Å². The van der Waals surface area contributed by atoms with Crippen LogP contribution in [0.2, 0.25) is 0 Å². The smallest absolute Gasteiger partial charge is 0.306 e. The molecule has 5 heteroatoms. The van der Waals surface area contributed by atoms with Gasteiger partial charge in [-0.3, -0.25) is 9.59 Å². The number of amides is 1. The fraction of sp³-hybridized carbons (Fsp3) is 0.429. The first kappa shape index (κ1) is 13.5. The lowest BCUT2D eigenvalue weighted by atomic mass is 10.0. The zero-order chi connectivity index (χ0) is 14.0. The Morgan fingerprint density at radius 2 is 1.95 bits per heavy atom. The summed E-state index contributed by atoms with van der Waals surface area (Å²) in [4.78, 5) is 22.8. The molecule has 1 aliphatic carbocycles. The summed E-state index contributed by atoms with van der Waals surface area (Å²) in [6, 6.07) is 4.32. The number of anilines is 1. The van der Waals surface area contributed by atoms with E-state index in [1.807, 2.05) is 0 Å². The molecular formula is C14H16FNO3. The van der Waals surface area contributed by atoms with Gasteiger partial charge in [0.2, 0.25) is 5.91 Å². The molecule has 0 bridgehead atoms. The fourth-order valence-corrected chi connectivity index (χ4v) is 2.50. The van der Waals surface area contributed by atoms with Gasteiger partial charge in [-0.15, -0.1) is 0 Å². The lowest BCUT2D eigenvalue weighted by Crippen LogP contribution is -2.21. The molecule has 1 fully saturated rings. The molecule has 1 aromatic carbocycles. The maximum absolute atomic E-state index is 13.2.